The first-order valence-electron chi connectivity index (χ1n) is 7.57. The molecule has 2 rings (SSSR count). The van der Waals surface area contributed by atoms with Gasteiger partial charge in [-0.05, 0) is 56.5 Å². The summed E-state index contributed by atoms with van der Waals surface area (Å²) in [6, 6.07) is 7.39. The van der Waals surface area contributed by atoms with Crippen LogP contribution in [0.3, 0.4) is 0 Å². The summed E-state index contributed by atoms with van der Waals surface area (Å²) in [4.78, 5) is 14.0. The van der Waals surface area contributed by atoms with Gasteiger partial charge in [-0.15, -0.1) is 0 Å². The summed E-state index contributed by atoms with van der Waals surface area (Å²) in [5, 5.41) is 12.0. The van der Waals surface area contributed by atoms with E-state index >= 15 is 0 Å². The Morgan fingerprint density at radius 1 is 1.48 bits per heavy atom. The van der Waals surface area contributed by atoms with Crippen molar-refractivity contribution in [3.63, 3.8) is 0 Å². The number of hydrogen-bond acceptors (Lipinski definition) is 4. The van der Waals surface area contributed by atoms with Crippen molar-refractivity contribution in [2.75, 3.05) is 25.0 Å². The summed E-state index contributed by atoms with van der Waals surface area (Å²) in [6.07, 6.45) is 2.11. The van der Waals surface area contributed by atoms with Gasteiger partial charge in [-0.3, -0.25) is 9.69 Å². The lowest BCUT2D eigenvalue weighted by Gasteiger charge is -2.31. The van der Waals surface area contributed by atoms with Gasteiger partial charge >= 0.3 is 0 Å². The first-order valence-corrected chi connectivity index (χ1v) is 7.57. The summed E-state index contributed by atoms with van der Waals surface area (Å²) in [5.41, 5.74) is 7.53. The van der Waals surface area contributed by atoms with Crippen molar-refractivity contribution in [2.45, 2.75) is 32.4 Å². The first kappa shape index (κ1) is 15.9. The number of nitrogens with two attached hydrogens (primary N) is 1. The lowest BCUT2D eigenvalue weighted by atomic mass is 9.97. The zero-order valence-electron chi connectivity index (χ0n) is 12.6. The molecule has 4 N–H and O–H groups in total. The predicted octanol–water partition coefficient (Wildman–Crippen LogP) is 1.18. The lowest BCUT2D eigenvalue weighted by Crippen LogP contribution is -2.34. The third-order valence-corrected chi connectivity index (χ3v) is 3.98. The monoisotopic (exact) mass is 291 g/mol. The van der Waals surface area contributed by atoms with Crippen LogP contribution < -0.4 is 11.1 Å². The van der Waals surface area contributed by atoms with Crippen molar-refractivity contribution >= 4 is 11.6 Å². The Balaban J connectivity index is 1.91. The van der Waals surface area contributed by atoms with Gasteiger partial charge in [0.1, 0.15) is 0 Å². The largest absolute Gasteiger partial charge is 0.396 e. The van der Waals surface area contributed by atoms with Crippen LogP contribution in [0.25, 0.3) is 0 Å². The number of carbonyl (C=O) groups is 1. The molecule has 1 aromatic rings. The second-order valence-electron chi connectivity index (χ2n) is 5.88. The fourth-order valence-corrected chi connectivity index (χ4v) is 2.59. The van der Waals surface area contributed by atoms with Gasteiger partial charge in [0.25, 0.3) is 0 Å². The molecule has 0 radical (unpaired) electrons. The van der Waals surface area contributed by atoms with E-state index < -0.39 is 6.04 Å². The minimum atomic E-state index is -0.508. The van der Waals surface area contributed by atoms with Gasteiger partial charge in [-0.25, -0.2) is 0 Å². The molecule has 0 aromatic heterocycles. The van der Waals surface area contributed by atoms with E-state index in [9.17, 15) is 4.79 Å². The molecule has 1 heterocycles. The van der Waals surface area contributed by atoms with E-state index in [0.717, 1.165) is 38.2 Å². The number of anilines is 1. The van der Waals surface area contributed by atoms with E-state index in [-0.39, 0.29) is 5.91 Å². The lowest BCUT2D eigenvalue weighted by molar-refractivity contribution is -0.117. The Morgan fingerprint density at radius 3 is 2.81 bits per heavy atom. The molecule has 1 aliphatic rings. The SMILES string of the molecule is CC(N)C(=O)Nc1cccc(CN2CCC(CO)CC2)c1. The third-order valence-electron chi connectivity index (χ3n) is 3.98. The summed E-state index contributed by atoms with van der Waals surface area (Å²) in [7, 11) is 0. The van der Waals surface area contributed by atoms with Crippen LogP contribution in [0.4, 0.5) is 5.69 Å². The van der Waals surface area contributed by atoms with E-state index in [1.54, 1.807) is 6.92 Å². The van der Waals surface area contributed by atoms with Gasteiger partial charge < -0.3 is 16.2 Å². The average molecular weight is 291 g/mol. The maximum absolute atomic E-state index is 11.6. The highest BCUT2D eigenvalue weighted by atomic mass is 16.3. The zero-order chi connectivity index (χ0) is 15.2. The van der Waals surface area contributed by atoms with E-state index in [1.807, 2.05) is 18.2 Å². The van der Waals surface area contributed by atoms with E-state index in [2.05, 4.69) is 16.3 Å². The van der Waals surface area contributed by atoms with Crippen LogP contribution >= 0.6 is 0 Å². The number of benzene rings is 1. The quantitative estimate of drug-likeness (QED) is 0.761. The Kier molecular flexibility index (Phi) is 5.73. The highest BCUT2D eigenvalue weighted by molar-refractivity contribution is 5.94. The molecule has 1 unspecified atom stereocenters. The van der Waals surface area contributed by atoms with Gasteiger partial charge in [0, 0.05) is 18.8 Å². The van der Waals surface area contributed by atoms with Gasteiger partial charge in [0.2, 0.25) is 5.91 Å². The van der Waals surface area contributed by atoms with Crippen LogP contribution in [0.1, 0.15) is 25.3 Å². The Bertz CT molecular complexity index is 468. The van der Waals surface area contributed by atoms with Crippen molar-refractivity contribution < 1.29 is 9.90 Å². The van der Waals surface area contributed by atoms with Crippen LogP contribution in [0.2, 0.25) is 0 Å². The Labute approximate surface area is 126 Å². The van der Waals surface area contributed by atoms with Crippen LogP contribution in [-0.4, -0.2) is 41.7 Å². The highest BCUT2D eigenvalue weighted by Gasteiger charge is 2.18. The number of aliphatic hydroxyl groups excluding tert-OH is 1. The van der Waals surface area contributed by atoms with Crippen LogP contribution in [-0.2, 0) is 11.3 Å². The Morgan fingerprint density at radius 2 is 2.19 bits per heavy atom. The molecule has 1 atom stereocenters. The molecule has 1 aromatic carbocycles. The summed E-state index contributed by atoms with van der Waals surface area (Å²) >= 11 is 0. The maximum Gasteiger partial charge on any atom is 0.240 e. The Hall–Kier alpha value is -1.43. The molecule has 21 heavy (non-hydrogen) atoms. The number of hydrogen-bond donors (Lipinski definition) is 3. The van der Waals surface area contributed by atoms with Crippen molar-refractivity contribution in [1.82, 2.24) is 4.90 Å². The molecular weight excluding hydrogens is 266 g/mol. The van der Waals surface area contributed by atoms with E-state index in [4.69, 9.17) is 10.8 Å². The highest BCUT2D eigenvalue weighted by Crippen LogP contribution is 2.19. The maximum atomic E-state index is 11.6. The van der Waals surface area contributed by atoms with Gasteiger partial charge in [-0.2, -0.15) is 0 Å². The fourth-order valence-electron chi connectivity index (χ4n) is 2.59. The number of amides is 1. The molecule has 0 saturated carbocycles. The van der Waals surface area contributed by atoms with Gasteiger partial charge in [0.15, 0.2) is 0 Å². The van der Waals surface area contributed by atoms with Crippen molar-refractivity contribution in [3.8, 4) is 0 Å². The average Bonchev–Trinajstić information content (AvgIpc) is 2.48. The predicted molar refractivity (Wildman–Crippen MR) is 83.8 cm³/mol. The number of rotatable bonds is 5. The number of nitrogens with one attached hydrogen (secondary N) is 1. The topological polar surface area (TPSA) is 78.6 Å². The molecule has 5 nitrogen and oxygen atoms in total. The summed E-state index contributed by atoms with van der Waals surface area (Å²) in [6.45, 7) is 4.88. The molecule has 1 amide bonds. The van der Waals surface area contributed by atoms with E-state index in [1.165, 1.54) is 5.56 Å². The second-order valence-corrected chi connectivity index (χ2v) is 5.88. The molecule has 0 aliphatic carbocycles. The third kappa shape index (κ3) is 4.81. The normalized spacial score (nSPS) is 18.4. The fraction of sp³-hybridized carbons (Fsp3) is 0.562. The minimum Gasteiger partial charge on any atom is -0.396 e. The molecule has 1 saturated heterocycles. The molecule has 5 heteroatoms. The minimum absolute atomic E-state index is 0.170. The summed E-state index contributed by atoms with van der Waals surface area (Å²) < 4.78 is 0. The molecule has 116 valence electrons. The number of aliphatic hydroxyl groups is 1. The van der Waals surface area contributed by atoms with E-state index in [0.29, 0.717) is 12.5 Å². The number of piperidine rings is 1. The van der Waals surface area contributed by atoms with Crippen molar-refractivity contribution in [2.24, 2.45) is 11.7 Å². The van der Waals surface area contributed by atoms with Gasteiger partial charge in [0.05, 0.1) is 6.04 Å². The number of carbonyl (C=O) groups excluding carboxylic acids is 1. The molecule has 1 fully saturated rings. The molecule has 0 spiro atoms. The van der Waals surface area contributed by atoms with Crippen LogP contribution in [0.15, 0.2) is 24.3 Å². The zero-order valence-corrected chi connectivity index (χ0v) is 12.6. The summed E-state index contributed by atoms with van der Waals surface area (Å²) in [5.74, 6) is 0.286. The standard InChI is InChI=1S/C16H25N3O2/c1-12(17)16(21)18-15-4-2-3-14(9-15)10-19-7-5-13(11-20)6-8-19/h2-4,9,12-13,20H,5-8,10-11,17H2,1H3,(H,18,21). The van der Waals surface area contributed by atoms with Gasteiger partial charge in [-0.1, -0.05) is 12.1 Å². The van der Waals surface area contributed by atoms with Crippen LogP contribution in [0.5, 0.6) is 0 Å². The molecule has 1 aliphatic heterocycles. The van der Waals surface area contributed by atoms with Crippen molar-refractivity contribution in [3.05, 3.63) is 29.8 Å². The smallest absolute Gasteiger partial charge is 0.240 e. The first-order chi connectivity index (χ1) is 10.1. The number of nitrogens with zero attached hydrogens (tertiary/aromatic N) is 1. The van der Waals surface area contributed by atoms with Crippen LogP contribution in [0, 0.1) is 5.92 Å². The number of likely N-dealkylation sites (tertiary alicyclic amines) is 1. The molecular formula is C16H25N3O2. The van der Waals surface area contributed by atoms with Crippen molar-refractivity contribution in [1.29, 1.82) is 0 Å². The second kappa shape index (κ2) is 7.54. The molecule has 0 bridgehead atoms.